The summed E-state index contributed by atoms with van der Waals surface area (Å²) in [6.45, 7) is 7.45. The number of anilines is 2. The Morgan fingerprint density at radius 1 is 0.815 bits per heavy atom. The van der Waals surface area contributed by atoms with Crippen molar-refractivity contribution in [2.75, 3.05) is 9.80 Å². The van der Waals surface area contributed by atoms with Crippen molar-refractivity contribution in [3.63, 3.8) is 0 Å². The van der Waals surface area contributed by atoms with Crippen molar-refractivity contribution in [3.05, 3.63) is 57.5 Å². The van der Waals surface area contributed by atoms with Gasteiger partial charge in [0.05, 0.1) is 0 Å². The van der Waals surface area contributed by atoms with E-state index in [4.69, 9.17) is 0 Å². The molecule has 2 amide bonds. The molecule has 0 aliphatic carbocycles. The molecule has 0 aliphatic rings. The molecule has 2 rings (SSSR count). The summed E-state index contributed by atoms with van der Waals surface area (Å²) < 4.78 is 1.75. The van der Waals surface area contributed by atoms with Crippen LogP contribution in [-0.4, -0.2) is 17.5 Å². The third-order valence-electron chi connectivity index (χ3n) is 4.33. The SMILES string of the molecule is CCC(=O)N(c1cccc(Br)c1)C(C)(C)N(C(=O)CC)c1cccc(Br)c1. The molecule has 0 atom stereocenters. The first-order valence-electron chi connectivity index (χ1n) is 8.89. The number of hydrogen-bond acceptors (Lipinski definition) is 2. The summed E-state index contributed by atoms with van der Waals surface area (Å²) in [5, 5.41) is 0. The molecular formula is C21H24Br2N2O2. The van der Waals surface area contributed by atoms with Gasteiger partial charge in [0.1, 0.15) is 5.66 Å². The zero-order valence-electron chi connectivity index (χ0n) is 16.0. The van der Waals surface area contributed by atoms with Gasteiger partial charge in [-0.15, -0.1) is 0 Å². The molecule has 0 saturated carbocycles. The molecule has 0 heterocycles. The van der Waals surface area contributed by atoms with Crippen LogP contribution in [-0.2, 0) is 9.59 Å². The van der Waals surface area contributed by atoms with Gasteiger partial charge in [-0.1, -0.05) is 57.8 Å². The standard InChI is InChI=1S/C21H24Br2N2O2/c1-5-19(26)24(17-11-7-9-15(22)13-17)21(3,4)25(20(27)6-2)18-12-8-10-16(23)14-18/h7-14H,5-6H2,1-4H3. The Hall–Kier alpha value is -1.66. The van der Waals surface area contributed by atoms with Gasteiger partial charge >= 0.3 is 0 Å². The number of hydrogen-bond donors (Lipinski definition) is 0. The highest BCUT2D eigenvalue weighted by atomic mass is 79.9. The third kappa shape index (κ3) is 4.79. The molecule has 4 nitrogen and oxygen atoms in total. The van der Waals surface area contributed by atoms with Gasteiger partial charge < -0.3 is 0 Å². The van der Waals surface area contributed by atoms with Gasteiger partial charge in [0.15, 0.2) is 0 Å². The summed E-state index contributed by atoms with van der Waals surface area (Å²) in [6.07, 6.45) is 0.672. The van der Waals surface area contributed by atoms with E-state index in [0.29, 0.717) is 12.8 Å². The highest BCUT2D eigenvalue weighted by molar-refractivity contribution is 9.10. The lowest BCUT2D eigenvalue weighted by molar-refractivity contribution is -0.121. The lowest BCUT2D eigenvalue weighted by atomic mass is 10.1. The first-order chi connectivity index (χ1) is 12.7. The minimum atomic E-state index is -0.901. The van der Waals surface area contributed by atoms with Crippen LogP contribution in [0.5, 0.6) is 0 Å². The fourth-order valence-corrected chi connectivity index (χ4v) is 3.95. The Morgan fingerprint density at radius 2 is 1.19 bits per heavy atom. The maximum atomic E-state index is 12.9. The predicted molar refractivity (Wildman–Crippen MR) is 118 cm³/mol. The van der Waals surface area contributed by atoms with Crippen molar-refractivity contribution in [2.45, 2.75) is 46.2 Å². The van der Waals surface area contributed by atoms with Crippen LogP contribution < -0.4 is 9.80 Å². The van der Waals surface area contributed by atoms with E-state index in [0.717, 1.165) is 20.3 Å². The number of carbonyl (C=O) groups excluding carboxylic acids is 2. The van der Waals surface area contributed by atoms with E-state index >= 15 is 0 Å². The van der Waals surface area contributed by atoms with Crippen molar-refractivity contribution in [3.8, 4) is 0 Å². The van der Waals surface area contributed by atoms with Crippen molar-refractivity contribution in [1.82, 2.24) is 0 Å². The van der Waals surface area contributed by atoms with Gasteiger partial charge in [-0.2, -0.15) is 0 Å². The second-order valence-electron chi connectivity index (χ2n) is 6.62. The van der Waals surface area contributed by atoms with Crippen molar-refractivity contribution in [2.24, 2.45) is 0 Å². The molecule has 144 valence electrons. The van der Waals surface area contributed by atoms with Gasteiger partial charge in [-0.25, -0.2) is 0 Å². The Balaban J connectivity index is 2.65. The molecule has 0 fully saturated rings. The van der Waals surface area contributed by atoms with E-state index in [2.05, 4.69) is 31.9 Å². The highest BCUT2D eigenvalue weighted by Crippen LogP contribution is 2.34. The molecule has 0 bridgehead atoms. The summed E-state index contributed by atoms with van der Waals surface area (Å²) in [4.78, 5) is 29.3. The number of carbonyl (C=O) groups is 2. The van der Waals surface area contributed by atoms with Crippen LogP contribution in [0, 0.1) is 0 Å². The van der Waals surface area contributed by atoms with E-state index in [1.807, 2.05) is 76.2 Å². The quantitative estimate of drug-likeness (QED) is 0.452. The molecule has 2 aromatic rings. The van der Waals surface area contributed by atoms with Crippen LogP contribution in [0.1, 0.15) is 40.5 Å². The Bertz CT molecular complexity index is 769. The zero-order chi connectivity index (χ0) is 20.2. The van der Waals surface area contributed by atoms with E-state index in [-0.39, 0.29) is 11.8 Å². The predicted octanol–water partition coefficient (Wildman–Crippen LogP) is 6.13. The van der Waals surface area contributed by atoms with Crippen LogP contribution in [0.2, 0.25) is 0 Å². The average molecular weight is 496 g/mol. The molecule has 0 N–H and O–H groups in total. The van der Waals surface area contributed by atoms with E-state index in [9.17, 15) is 9.59 Å². The Morgan fingerprint density at radius 3 is 1.48 bits per heavy atom. The monoisotopic (exact) mass is 494 g/mol. The van der Waals surface area contributed by atoms with Crippen molar-refractivity contribution < 1.29 is 9.59 Å². The van der Waals surface area contributed by atoms with Crippen LogP contribution in [0.3, 0.4) is 0 Å². The number of nitrogens with zero attached hydrogens (tertiary/aromatic N) is 2. The first-order valence-corrected chi connectivity index (χ1v) is 10.5. The Kier molecular flexibility index (Phi) is 7.23. The second kappa shape index (κ2) is 9.02. The largest absolute Gasteiger partial charge is 0.289 e. The normalized spacial score (nSPS) is 11.2. The molecule has 0 aromatic heterocycles. The lowest BCUT2D eigenvalue weighted by Crippen LogP contribution is -2.61. The van der Waals surface area contributed by atoms with Gasteiger partial charge in [-0.05, 0) is 50.2 Å². The molecule has 0 saturated heterocycles. The number of benzene rings is 2. The molecule has 27 heavy (non-hydrogen) atoms. The lowest BCUT2D eigenvalue weighted by Gasteiger charge is -2.46. The first kappa shape index (κ1) is 21.6. The smallest absolute Gasteiger partial charge is 0.228 e. The minimum Gasteiger partial charge on any atom is -0.289 e. The van der Waals surface area contributed by atoms with E-state index < -0.39 is 5.66 Å². The van der Waals surface area contributed by atoms with Gasteiger partial charge in [0, 0.05) is 33.2 Å². The molecule has 0 unspecified atom stereocenters. The highest BCUT2D eigenvalue weighted by Gasteiger charge is 2.40. The third-order valence-corrected chi connectivity index (χ3v) is 5.32. The maximum Gasteiger partial charge on any atom is 0.228 e. The molecule has 0 spiro atoms. The van der Waals surface area contributed by atoms with Crippen molar-refractivity contribution in [1.29, 1.82) is 0 Å². The zero-order valence-corrected chi connectivity index (χ0v) is 19.2. The summed E-state index contributed by atoms with van der Waals surface area (Å²) >= 11 is 6.96. The minimum absolute atomic E-state index is 0.0537. The van der Waals surface area contributed by atoms with Crippen LogP contribution in [0.4, 0.5) is 11.4 Å². The number of rotatable bonds is 6. The van der Waals surface area contributed by atoms with Gasteiger partial charge in [0.2, 0.25) is 11.8 Å². The topological polar surface area (TPSA) is 40.6 Å². The maximum absolute atomic E-state index is 12.9. The van der Waals surface area contributed by atoms with Gasteiger partial charge in [0.25, 0.3) is 0 Å². The van der Waals surface area contributed by atoms with E-state index in [1.165, 1.54) is 0 Å². The summed E-state index contributed by atoms with van der Waals surface area (Å²) in [6, 6.07) is 15.1. The molecule has 6 heteroatoms. The molecular weight excluding hydrogens is 472 g/mol. The molecule has 0 radical (unpaired) electrons. The van der Waals surface area contributed by atoms with Crippen LogP contribution in [0.25, 0.3) is 0 Å². The molecule has 0 aliphatic heterocycles. The van der Waals surface area contributed by atoms with Crippen LogP contribution >= 0.6 is 31.9 Å². The van der Waals surface area contributed by atoms with Crippen molar-refractivity contribution >= 4 is 55.0 Å². The summed E-state index contributed by atoms with van der Waals surface area (Å²) in [5.41, 5.74) is 0.581. The fraction of sp³-hybridized carbons (Fsp3) is 0.333. The summed E-state index contributed by atoms with van der Waals surface area (Å²) in [7, 11) is 0. The Labute approximate surface area is 177 Å². The number of amides is 2. The number of halogens is 2. The average Bonchev–Trinajstić information content (AvgIpc) is 2.61. The fourth-order valence-electron chi connectivity index (χ4n) is 3.18. The van der Waals surface area contributed by atoms with Crippen LogP contribution in [0.15, 0.2) is 57.5 Å². The second-order valence-corrected chi connectivity index (χ2v) is 8.45. The van der Waals surface area contributed by atoms with Gasteiger partial charge in [-0.3, -0.25) is 19.4 Å². The molecule has 2 aromatic carbocycles. The van der Waals surface area contributed by atoms with E-state index in [1.54, 1.807) is 9.80 Å². The summed E-state index contributed by atoms with van der Waals surface area (Å²) in [5.74, 6) is -0.107.